The molecule has 0 aliphatic rings. The van der Waals surface area contributed by atoms with Gasteiger partial charge in [-0.1, -0.05) is 23.7 Å². The van der Waals surface area contributed by atoms with Gasteiger partial charge in [0.25, 0.3) is 0 Å². The van der Waals surface area contributed by atoms with Crippen LogP contribution in [-0.2, 0) is 0 Å². The highest BCUT2D eigenvalue weighted by atomic mass is 35.5. The minimum Gasteiger partial charge on any atom is -0.476 e. The number of aromatic carboxylic acids is 1. The quantitative estimate of drug-likeness (QED) is 0.779. The van der Waals surface area contributed by atoms with Gasteiger partial charge in [-0.3, -0.25) is 0 Å². The predicted octanol–water partition coefficient (Wildman–Crippen LogP) is 2.75. The average Bonchev–Trinajstić information content (AvgIpc) is 2.79. The van der Waals surface area contributed by atoms with Crippen molar-refractivity contribution in [3.63, 3.8) is 0 Å². The van der Waals surface area contributed by atoms with Gasteiger partial charge in [-0.05, 0) is 24.3 Å². The Bertz CT molecular complexity index is 765. The monoisotopic (exact) mass is 273 g/mol. The summed E-state index contributed by atoms with van der Waals surface area (Å²) in [5.74, 6) is -1.09. The number of benzene rings is 1. The number of fused-ring (bicyclic) bond motifs is 1. The fourth-order valence-electron chi connectivity index (χ4n) is 1.90. The summed E-state index contributed by atoms with van der Waals surface area (Å²) in [5.41, 5.74) is 1.61. The Morgan fingerprint density at radius 2 is 1.95 bits per heavy atom. The van der Waals surface area contributed by atoms with Crippen LogP contribution in [0.5, 0.6) is 0 Å². The standard InChI is InChI=1S/C13H8ClN3O2/c14-9-5-3-8(4-6-9)12-11(13(18)19)16-10-2-1-7-15-17(10)12/h1-7H,(H,18,19). The molecule has 19 heavy (non-hydrogen) atoms. The van der Waals surface area contributed by atoms with Crippen molar-refractivity contribution in [3.8, 4) is 11.3 Å². The first-order chi connectivity index (χ1) is 9.16. The van der Waals surface area contributed by atoms with E-state index >= 15 is 0 Å². The molecule has 3 rings (SSSR count). The number of imidazole rings is 1. The van der Waals surface area contributed by atoms with E-state index in [4.69, 9.17) is 11.6 Å². The maximum absolute atomic E-state index is 11.3. The Hall–Kier alpha value is -2.40. The highest BCUT2D eigenvalue weighted by Crippen LogP contribution is 2.25. The SMILES string of the molecule is O=C(O)c1nc2cccnn2c1-c1ccc(Cl)cc1. The fourth-order valence-corrected chi connectivity index (χ4v) is 2.03. The number of carbonyl (C=O) groups is 1. The van der Waals surface area contributed by atoms with Crippen molar-refractivity contribution in [2.45, 2.75) is 0 Å². The number of carboxylic acids is 1. The van der Waals surface area contributed by atoms with Crippen molar-refractivity contribution in [1.29, 1.82) is 0 Å². The van der Waals surface area contributed by atoms with Gasteiger partial charge in [-0.2, -0.15) is 5.10 Å². The van der Waals surface area contributed by atoms with Crippen LogP contribution in [0.3, 0.4) is 0 Å². The van der Waals surface area contributed by atoms with E-state index < -0.39 is 5.97 Å². The molecule has 0 aliphatic heterocycles. The molecule has 0 saturated carbocycles. The molecular weight excluding hydrogens is 266 g/mol. The van der Waals surface area contributed by atoms with Gasteiger partial charge in [0, 0.05) is 16.8 Å². The third-order valence-electron chi connectivity index (χ3n) is 2.71. The van der Waals surface area contributed by atoms with E-state index in [1.165, 1.54) is 4.52 Å². The maximum atomic E-state index is 11.3. The van der Waals surface area contributed by atoms with E-state index in [1.54, 1.807) is 42.6 Å². The van der Waals surface area contributed by atoms with E-state index in [9.17, 15) is 9.90 Å². The Morgan fingerprint density at radius 1 is 1.21 bits per heavy atom. The van der Waals surface area contributed by atoms with Gasteiger partial charge in [-0.15, -0.1) is 0 Å². The second-order valence-corrected chi connectivity index (χ2v) is 4.35. The Morgan fingerprint density at radius 3 is 2.63 bits per heavy atom. The summed E-state index contributed by atoms with van der Waals surface area (Å²) in [4.78, 5) is 15.4. The second-order valence-electron chi connectivity index (χ2n) is 3.91. The molecule has 1 N–H and O–H groups in total. The smallest absolute Gasteiger partial charge is 0.356 e. The molecule has 5 nitrogen and oxygen atoms in total. The first-order valence-electron chi connectivity index (χ1n) is 5.50. The molecule has 0 atom stereocenters. The van der Waals surface area contributed by atoms with E-state index in [-0.39, 0.29) is 5.69 Å². The summed E-state index contributed by atoms with van der Waals surface area (Å²) in [6, 6.07) is 10.3. The number of rotatable bonds is 2. The zero-order valence-corrected chi connectivity index (χ0v) is 10.4. The molecule has 0 amide bonds. The predicted molar refractivity (Wildman–Crippen MR) is 70.4 cm³/mol. The number of carboxylic acid groups (broad SMARTS) is 1. The van der Waals surface area contributed by atoms with Crippen molar-refractivity contribution < 1.29 is 9.90 Å². The number of halogens is 1. The average molecular weight is 274 g/mol. The summed E-state index contributed by atoms with van der Waals surface area (Å²) in [6.07, 6.45) is 1.58. The van der Waals surface area contributed by atoms with E-state index in [2.05, 4.69) is 10.1 Å². The van der Waals surface area contributed by atoms with E-state index in [1.807, 2.05) is 0 Å². The van der Waals surface area contributed by atoms with Crippen LogP contribution < -0.4 is 0 Å². The molecule has 0 radical (unpaired) electrons. The number of aromatic nitrogens is 3. The van der Waals surface area contributed by atoms with Crippen LogP contribution in [-0.4, -0.2) is 25.7 Å². The molecule has 2 heterocycles. The first-order valence-corrected chi connectivity index (χ1v) is 5.87. The molecule has 0 fully saturated rings. The molecule has 0 aliphatic carbocycles. The molecule has 0 bridgehead atoms. The lowest BCUT2D eigenvalue weighted by atomic mass is 10.1. The molecule has 6 heteroatoms. The lowest BCUT2D eigenvalue weighted by molar-refractivity contribution is 0.0692. The molecule has 94 valence electrons. The summed E-state index contributed by atoms with van der Waals surface area (Å²) < 4.78 is 1.51. The van der Waals surface area contributed by atoms with Gasteiger partial charge >= 0.3 is 5.97 Å². The maximum Gasteiger partial charge on any atom is 0.356 e. The van der Waals surface area contributed by atoms with Gasteiger partial charge in [-0.25, -0.2) is 14.3 Å². The minimum atomic E-state index is -1.09. The number of hydrogen-bond acceptors (Lipinski definition) is 3. The summed E-state index contributed by atoms with van der Waals surface area (Å²) in [7, 11) is 0. The zero-order valence-electron chi connectivity index (χ0n) is 9.62. The minimum absolute atomic E-state index is 0.0268. The van der Waals surface area contributed by atoms with E-state index in [0.29, 0.717) is 21.9 Å². The molecular formula is C13H8ClN3O2. The van der Waals surface area contributed by atoms with Gasteiger partial charge < -0.3 is 5.11 Å². The summed E-state index contributed by atoms with van der Waals surface area (Å²) in [6.45, 7) is 0. The summed E-state index contributed by atoms with van der Waals surface area (Å²) >= 11 is 5.84. The largest absolute Gasteiger partial charge is 0.476 e. The Labute approximate surface area is 113 Å². The van der Waals surface area contributed by atoms with Gasteiger partial charge in [0.2, 0.25) is 0 Å². The lowest BCUT2D eigenvalue weighted by Gasteiger charge is -2.02. The van der Waals surface area contributed by atoms with Crippen molar-refractivity contribution in [2.75, 3.05) is 0 Å². The van der Waals surface area contributed by atoms with Crippen LogP contribution >= 0.6 is 11.6 Å². The fraction of sp³-hybridized carbons (Fsp3) is 0. The molecule has 1 aromatic carbocycles. The third kappa shape index (κ3) is 1.94. The zero-order chi connectivity index (χ0) is 13.4. The number of nitrogens with zero attached hydrogens (tertiary/aromatic N) is 3. The molecule has 2 aromatic heterocycles. The van der Waals surface area contributed by atoms with Crippen LogP contribution in [0.2, 0.25) is 5.02 Å². The van der Waals surface area contributed by atoms with Crippen LogP contribution in [0, 0.1) is 0 Å². The highest BCUT2D eigenvalue weighted by molar-refractivity contribution is 6.30. The Kier molecular flexibility index (Phi) is 2.68. The van der Waals surface area contributed by atoms with E-state index in [0.717, 1.165) is 0 Å². The second kappa shape index (κ2) is 4.37. The van der Waals surface area contributed by atoms with Gasteiger partial charge in [0.05, 0.1) is 0 Å². The van der Waals surface area contributed by atoms with Crippen LogP contribution in [0.1, 0.15) is 10.5 Å². The highest BCUT2D eigenvalue weighted by Gasteiger charge is 2.20. The van der Waals surface area contributed by atoms with Crippen LogP contribution in [0.4, 0.5) is 0 Å². The lowest BCUT2D eigenvalue weighted by Crippen LogP contribution is -2.01. The third-order valence-corrected chi connectivity index (χ3v) is 2.97. The first kappa shape index (κ1) is 11.7. The normalized spacial score (nSPS) is 10.8. The summed E-state index contributed by atoms with van der Waals surface area (Å²) in [5, 5.41) is 14.0. The van der Waals surface area contributed by atoms with Crippen molar-refractivity contribution in [3.05, 3.63) is 53.3 Å². The molecule has 0 saturated heterocycles. The topological polar surface area (TPSA) is 67.5 Å². The molecule has 3 aromatic rings. The van der Waals surface area contributed by atoms with Crippen LogP contribution in [0.25, 0.3) is 16.9 Å². The van der Waals surface area contributed by atoms with Crippen molar-refractivity contribution in [1.82, 2.24) is 14.6 Å². The van der Waals surface area contributed by atoms with Crippen molar-refractivity contribution in [2.24, 2.45) is 0 Å². The van der Waals surface area contributed by atoms with Crippen molar-refractivity contribution >= 4 is 23.2 Å². The van der Waals surface area contributed by atoms with Gasteiger partial charge in [0.1, 0.15) is 5.69 Å². The molecule has 0 spiro atoms. The van der Waals surface area contributed by atoms with Crippen LogP contribution in [0.15, 0.2) is 42.6 Å². The Balaban J connectivity index is 2.34. The van der Waals surface area contributed by atoms with Gasteiger partial charge in [0.15, 0.2) is 11.3 Å². The number of hydrogen-bond donors (Lipinski definition) is 1. The molecule has 0 unspecified atom stereocenters.